The summed E-state index contributed by atoms with van der Waals surface area (Å²) in [6, 6.07) is 5.52. The van der Waals surface area contributed by atoms with Crippen LogP contribution in [0.3, 0.4) is 0 Å². The van der Waals surface area contributed by atoms with Crippen LogP contribution >= 0.6 is 11.6 Å². The van der Waals surface area contributed by atoms with E-state index in [9.17, 15) is 0 Å². The molecule has 0 amide bonds. The molecule has 0 atom stereocenters. The normalized spacial score (nSPS) is 10.1. The second kappa shape index (κ2) is 5.10. The second-order valence-electron chi connectivity index (χ2n) is 2.80. The van der Waals surface area contributed by atoms with Crippen LogP contribution in [0.2, 0.25) is 5.02 Å². The summed E-state index contributed by atoms with van der Waals surface area (Å²) in [5, 5.41) is 0.684. The van der Waals surface area contributed by atoms with Crippen molar-refractivity contribution in [3.05, 3.63) is 28.8 Å². The number of ether oxygens (including phenoxy) is 1. The Morgan fingerprint density at radius 1 is 1.46 bits per heavy atom. The Kier molecular flexibility index (Phi) is 4.06. The quantitative estimate of drug-likeness (QED) is 0.809. The molecule has 0 unspecified atom stereocenters. The van der Waals surface area contributed by atoms with Gasteiger partial charge in [0.05, 0.1) is 6.61 Å². The van der Waals surface area contributed by atoms with E-state index >= 15 is 0 Å². The number of nitrogens with two attached hydrogens (primary N) is 1. The maximum Gasteiger partial charge on any atom is 0.125 e. The lowest BCUT2D eigenvalue weighted by molar-refractivity contribution is 0.314. The SMILES string of the molecule is CCCOc1cc(Cl)ccc1CN. The van der Waals surface area contributed by atoms with E-state index < -0.39 is 0 Å². The van der Waals surface area contributed by atoms with E-state index in [1.54, 1.807) is 6.07 Å². The van der Waals surface area contributed by atoms with Crippen molar-refractivity contribution in [2.24, 2.45) is 5.73 Å². The number of benzene rings is 1. The van der Waals surface area contributed by atoms with Crippen LogP contribution in [-0.4, -0.2) is 6.61 Å². The van der Waals surface area contributed by atoms with Crippen LogP contribution < -0.4 is 10.5 Å². The van der Waals surface area contributed by atoms with Crippen molar-refractivity contribution in [3.8, 4) is 5.75 Å². The zero-order valence-electron chi connectivity index (χ0n) is 7.72. The molecular weight excluding hydrogens is 186 g/mol. The molecule has 0 fully saturated rings. The van der Waals surface area contributed by atoms with Gasteiger partial charge in [0.25, 0.3) is 0 Å². The number of hydrogen-bond acceptors (Lipinski definition) is 2. The average Bonchev–Trinajstić information content (AvgIpc) is 2.15. The van der Waals surface area contributed by atoms with Crippen LogP contribution in [0.25, 0.3) is 0 Å². The average molecular weight is 200 g/mol. The first-order valence-electron chi connectivity index (χ1n) is 4.39. The summed E-state index contributed by atoms with van der Waals surface area (Å²) in [6.45, 7) is 3.25. The maximum atomic E-state index is 5.83. The minimum absolute atomic E-state index is 0.482. The zero-order chi connectivity index (χ0) is 9.68. The van der Waals surface area contributed by atoms with E-state index in [1.807, 2.05) is 12.1 Å². The number of hydrogen-bond donors (Lipinski definition) is 1. The summed E-state index contributed by atoms with van der Waals surface area (Å²) in [7, 11) is 0. The molecule has 0 saturated carbocycles. The van der Waals surface area contributed by atoms with Crippen molar-refractivity contribution < 1.29 is 4.74 Å². The summed E-state index contributed by atoms with van der Waals surface area (Å²) in [5.74, 6) is 0.803. The molecule has 0 bridgehead atoms. The Morgan fingerprint density at radius 3 is 2.85 bits per heavy atom. The van der Waals surface area contributed by atoms with Crippen LogP contribution in [0.15, 0.2) is 18.2 Å². The number of rotatable bonds is 4. The van der Waals surface area contributed by atoms with Crippen molar-refractivity contribution in [2.45, 2.75) is 19.9 Å². The third kappa shape index (κ3) is 2.90. The smallest absolute Gasteiger partial charge is 0.125 e. The molecule has 1 aromatic carbocycles. The minimum Gasteiger partial charge on any atom is -0.493 e. The molecule has 3 heteroatoms. The van der Waals surface area contributed by atoms with E-state index in [0.717, 1.165) is 17.7 Å². The molecule has 0 saturated heterocycles. The zero-order valence-corrected chi connectivity index (χ0v) is 8.47. The first-order chi connectivity index (χ1) is 6.27. The Hall–Kier alpha value is -0.730. The lowest BCUT2D eigenvalue weighted by Crippen LogP contribution is -2.02. The van der Waals surface area contributed by atoms with E-state index in [1.165, 1.54) is 0 Å². The fourth-order valence-corrected chi connectivity index (χ4v) is 1.21. The van der Waals surface area contributed by atoms with Crippen molar-refractivity contribution in [3.63, 3.8) is 0 Å². The van der Waals surface area contributed by atoms with Crippen molar-refractivity contribution in [1.29, 1.82) is 0 Å². The predicted molar refractivity (Wildman–Crippen MR) is 55.1 cm³/mol. The van der Waals surface area contributed by atoms with Gasteiger partial charge in [-0.05, 0) is 18.6 Å². The van der Waals surface area contributed by atoms with Gasteiger partial charge in [0, 0.05) is 17.1 Å². The van der Waals surface area contributed by atoms with Crippen LogP contribution in [0, 0.1) is 0 Å². The molecule has 0 heterocycles. The third-order valence-electron chi connectivity index (χ3n) is 1.71. The van der Waals surface area contributed by atoms with E-state index in [0.29, 0.717) is 18.2 Å². The van der Waals surface area contributed by atoms with Gasteiger partial charge in [-0.2, -0.15) is 0 Å². The predicted octanol–water partition coefficient (Wildman–Crippen LogP) is 2.59. The molecule has 72 valence electrons. The maximum absolute atomic E-state index is 5.83. The topological polar surface area (TPSA) is 35.2 Å². The molecule has 1 aromatic rings. The molecule has 0 aliphatic rings. The van der Waals surface area contributed by atoms with E-state index in [-0.39, 0.29) is 0 Å². The van der Waals surface area contributed by atoms with Gasteiger partial charge in [0.2, 0.25) is 0 Å². The summed E-state index contributed by atoms with van der Waals surface area (Å²) < 4.78 is 5.49. The van der Waals surface area contributed by atoms with Gasteiger partial charge in [0.1, 0.15) is 5.75 Å². The monoisotopic (exact) mass is 199 g/mol. The fraction of sp³-hybridized carbons (Fsp3) is 0.400. The molecule has 0 aliphatic heterocycles. The molecule has 0 radical (unpaired) electrons. The van der Waals surface area contributed by atoms with Gasteiger partial charge in [-0.15, -0.1) is 0 Å². The number of halogens is 1. The molecule has 2 nitrogen and oxygen atoms in total. The Bertz CT molecular complexity index is 276. The van der Waals surface area contributed by atoms with Crippen LogP contribution in [0.5, 0.6) is 5.75 Å². The highest BCUT2D eigenvalue weighted by Crippen LogP contribution is 2.23. The van der Waals surface area contributed by atoms with Gasteiger partial charge in [-0.1, -0.05) is 24.6 Å². The minimum atomic E-state index is 0.482. The standard InChI is InChI=1S/C10H14ClNO/c1-2-5-13-10-6-9(11)4-3-8(10)7-12/h3-4,6H,2,5,7,12H2,1H3. The van der Waals surface area contributed by atoms with Crippen molar-refractivity contribution >= 4 is 11.6 Å². The van der Waals surface area contributed by atoms with Gasteiger partial charge < -0.3 is 10.5 Å². The van der Waals surface area contributed by atoms with Crippen molar-refractivity contribution in [2.75, 3.05) is 6.61 Å². The molecule has 13 heavy (non-hydrogen) atoms. The van der Waals surface area contributed by atoms with Gasteiger partial charge in [-0.25, -0.2) is 0 Å². The molecular formula is C10H14ClNO. The van der Waals surface area contributed by atoms with Crippen LogP contribution in [0.1, 0.15) is 18.9 Å². The molecule has 0 aliphatic carbocycles. The van der Waals surface area contributed by atoms with Crippen LogP contribution in [0.4, 0.5) is 0 Å². The first kappa shape index (κ1) is 10.4. The second-order valence-corrected chi connectivity index (χ2v) is 3.24. The third-order valence-corrected chi connectivity index (χ3v) is 1.95. The first-order valence-corrected chi connectivity index (χ1v) is 4.77. The summed E-state index contributed by atoms with van der Waals surface area (Å²) >= 11 is 5.83. The summed E-state index contributed by atoms with van der Waals surface area (Å²) in [5.41, 5.74) is 6.55. The molecule has 1 rings (SSSR count). The molecule has 0 spiro atoms. The lowest BCUT2D eigenvalue weighted by atomic mass is 10.2. The Balaban J connectivity index is 2.81. The largest absolute Gasteiger partial charge is 0.493 e. The van der Waals surface area contributed by atoms with E-state index in [4.69, 9.17) is 22.1 Å². The summed E-state index contributed by atoms with van der Waals surface area (Å²) in [4.78, 5) is 0. The van der Waals surface area contributed by atoms with Crippen molar-refractivity contribution in [1.82, 2.24) is 0 Å². The fourth-order valence-electron chi connectivity index (χ4n) is 1.04. The van der Waals surface area contributed by atoms with Gasteiger partial charge in [0.15, 0.2) is 0 Å². The highest BCUT2D eigenvalue weighted by Gasteiger charge is 2.02. The Morgan fingerprint density at radius 2 is 2.23 bits per heavy atom. The van der Waals surface area contributed by atoms with E-state index in [2.05, 4.69) is 6.92 Å². The lowest BCUT2D eigenvalue weighted by Gasteiger charge is -2.09. The van der Waals surface area contributed by atoms with Gasteiger partial charge in [-0.3, -0.25) is 0 Å². The molecule has 2 N–H and O–H groups in total. The molecule has 0 aromatic heterocycles. The summed E-state index contributed by atoms with van der Waals surface area (Å²) in [6.07, 6.45) is 0.983. The Labute approximate surface area is 83.6 Å². The van der Waals surface area contributed by atoms with Gasteiger partial charge >= 0.3 is 0 Å². The highest BCUT2D eigenvalue weighted by molar-refractivity contribution is 6.30. The van der Waals surface area contributed by atoms with Crippen LogP contribution in [-0.2, 0) is 6.54 Å². The highest BCUT2D eigenvalue weighted by atomic mass is 35.5.